The van der Waals surface area contributed by atoms with Gasteiger partial charge in [-0.25, -0.2) is 0 Å². The maximum Gasteiger partial charge on any atom is 0.258 e. The summed E-state index contributed by atoms with van der Waals surface area (Å²) in [6, 6.07) is 22.4. The number of nitrogens with zero attached hydrogens (tertiary/aromatic N) is 1. The number of aryl methyl sites for hydroxylation is 2. The van der Waals surface area contributed by atoms with Crippen LogP contribution in [0.4, 0.5) is 5.69 Å². The van der Waals surface area contributed by atoms with E-state index in [1.807, 2.05) is 62.4 Å². The van der Waals surface area contributed by atoms with Crippen LogP contribution in [0, 0.1) is 13.8 Å². The molecule has 0 atom stereocenters. The third-order valence-electron chi connectivity index (χ3n) is 5.39. The number of rotatable bonds is 5. The molecular weight excluding hydrogens is 388 g/mol. The van der Waals surface area contributed by atoms with Gasteiger partial charge < -0.3 is 14.6 Å². The summed E-state index contributed by atoms with van der Waals surface area (Å²) < 4.78 is 5.20. The average Bonchev–Trinajstić information content (AvgIpc) is 2.78. The molecule has 5 heteroatoms. The molecule has 0 fully saturated rings. The fraction of sp³-hybridized carbons (Fsp3) is 0.154. The average molecular weight is 412 g/mol. The standard InChI is InChI=1S/C26H24N2O3/c1-17-6-4-9-22(14-17)28(26(30)19-10-12-23(31-3)13-11-19)16-21-15-20-8-5-7-18(2)24(20)27-25(21)29/h4-15H,16H2,1-3H3,(H,27,29). The Hall–Kier alpha value is -3.86. The van der Waals surface area contributed by atoms with Crippen LogP contribution in [-0.2, 0) is 6.54 Å². The molecule has 0 bridgehead atoms. The van der Waals surface area contributed by atoms with Gasteiger partial charge >= 0.3 is 0 Å². The number of aromatic amines is 1. The van der Waals surface area contributed by atoms with E-state index >= 15 is 0 Å². The minimum atomic E-state index is -0.193. The number of carbonyl (C=O) groups excluding carboxylic acids is 1. The second-order valence-electron chi connectivity index (χ2n) is 7.62. The van der Waals surface area contributed by atoms with Crippen molar-refractivity contribution < 1.29 is 9.53 Å². The summed E-state index contributed by atoms with van der Waals surface area (Å²) in [5, 5.41) is 0.940. The predicted molar refractivity (Wildman–Crippen MR) is 124 cm³/mol. The fourth-order valence-corrected chi connectivity index (χ4v) is 3.68. The lowest BCUT2D eigenvalue weighted by atomic mass is 10.1. The van der Waals surface area contributed by atoms with Gasteiger partial charge in [0.15, 0.2) is 0 Å². The molecule has 4 rings (SSSR count). The Labute approximate surface area is 180 Å². The van der Waals surface area contributed by atoms with Gasteiger partial charge in [-0.15, -0.1) is 0 Å². The van der Waals surface area contributed by atoms with Gasteiger partial charge in [-0.2, -0.15) is 0 Å². The number of H-pyrrole nitrogens is 1. The zero-order valence-corrected chi connectivity index (χ0v) is 17.8. The lowest BCUT2D eigenvalue weighted by Gasteiger charge is -2.23. The third kappa shape index (κ3) is 4.21. The highest BCUT2D eigenvalue weighted by Crippen LogP contribution is 2.23. The summed E-state index contributed by atoms with van der Waals surface area (Å²) in [6.45, 7) is 4.10. The maximum atomic E-state index is 13.5. The van der Waals surface area contributed by atoms with Crippen molar-refractivity contribution in [3.05, 3.63) is 105 Å². The van der Waals surface area contributed by atoms with Gasteiger partial charge in [0.05, 0.1) is 19.2 Å². The van der Waals surface area contributed by atoms with E-state index < -0.39 is 0 Å². The van der Waals surface area contributed by atoms with Crippen LogP contribution >= 0.6 is 0 Å². The Bertz CT molecular complexity index is 1310. The second-order valence-corrected chi connectivity index (χ2v) is 7.62. The first-order valence-electron chi connectivity index (χ1n) is 10.1. The van der Waals surface area contributed by atoms with Crippen LogP contribution in [0.15, 0.2) is 77.6 Å². The maximum absolute atomic E-state index is 13.5. The fourth-order valence-electron chi connectivity index (χ4n) is 3.68. The molecule has 3 aromatic carbocycles. The van der Waals surface area contributed by atoms with Crippen LogP contribution in [-0.4, -0.2) is 18.0 Å². The first-order valence-corrected chi connectivity index (χ1v) is 10.1. The number of amides is 1. The topological polar surface area (TPSA) is 62.4 Å². The first-order chi connectivity index (χ1) is 15.0. The van der Waals surface area contributed by atoms with Gasteiger partial charge in [-0.1, -0.05) is 30.3 Å². The van der Waals surface area contributed by atoms with Crippen LogP contribution in [0.25, 0.3) is 10.9 Å². The molecule has 0 aliphatic heterocycles. The number of hydrogen-bond acceptors (Lipinski definition) is 3. The van der Waals surface area contributed by atoms with E-state index in [0.717, 1.165) is 27.7 Å². The molecule has 0 spiro atoms. The number of aromatic nitrogens is 1. The van der Waals surface area contributed by atoms with Gasteiger partial charge in [0, 0.05) is 16.8 Å². The van der Waals surface area contributed by atoms with E-state index in [4.69, 9.17) is 4.74 Å². The van der Waals surface area contributed by atoms with E-state index in [-0.39, 0.29) is 18.0 Å². The van der Waals surface area contributed by atoms with Crippen LogP contribution in [0.3, 0.4) is 0 Å². The van der Waals surface area contributed by atoms with Crippen molar-refractivity contribution in [1.29, 1.82) is 0 Å². The van der Waals surface area contributed by atoms with Crippen molar-refractivity contribution >= 4 is 22.5 Å². The smallest absolute Gasteiger partial charge is 0.258 e. The number of hydrogen-bond donors (Lipinski definition) is 1. The highest BCUT2D eigenvalue weighted by molar-refractivity contribution is 6.06. The number of benzene rings is 3. The zero-order chi connectivity index (χ0) is 22.0. The molecule has 31 heavy (non-hydrogen) atoms. The van der Waals surface area contributed by atoms with E-state index in [1.54, 1.807) is 36.3 Å². The van der Waals surface area contributed by atoms with Gasteiger partial charge in [0.1, 0.15) is 5.75 Å². The number of anilines is 1. The van der Waals surface area contributed by atoms with Crippen LogP contribution < -0.4 is 15.2 Å². The molecule has 1 amide bonds. The molecule has 0 radical (unpaired) electrons. The molecule has 1 aromatic heterocycles. The summed E-state index contributed by atoms with van der Waals surface area (Å²) in [5.74, 6) is 0.497. The number of pyridine rings is 1. The van der Waals surface area contributed by atoms with Crippen molar-refractivity contribution in [2.45, 2.75) is 20.4 Å². The summed E-state index contributed by atoms with van der Waals surface area (Å²) in [4.78, 5) is 30.9. The van der Waals surface area contributed by atoms with Crippen LogP contribution in [0.1, 0.15) is 27.0 Å². The SMILES string of the molecule is COc1ccc(C(=O)N(Cc2cc3cccc(C)c3[nH]c2=O)c2cccc(C)c2)cc1. The number of ether oxygens (including phenoxy) is 1. The van der Waals surface area contributed by atoms with Crippen LogP contribution in [0.5, 0.6) is 5.75 Å². The van der Waals surface area contributed by atoms with Crippen molar-refractivity contribution in [3.63, 3.8) is 0 Å². The molecule has 1 N–H and O–H groups in total. The molecule has 5 nitrogen and oxygen atoms in total. The van der Waals surface area contributed by atoms with E-state index in [2.05, 4.69) is 4.98 Å². The Morgan fingerprint density at radius 2 is 1.71 bits per heavy atom. The minimum Gasteiger partial charge on any atom is -0.497 e. The zero-order valence-electron chi connectivity index (χ0n) is 17.8. The largest absolute Gasteiger partial charge is 0.497 e. The predicted octanol–water partition coefficient (Wildman–Crippen LogP) is 5.00. The van der Waals surface area contributed by atoms with Crippen molar-refractivity contribution in [1.82, 2.24) is 4.98 Å². The Morgan fingerprint density at radius 1 is 0.968 bits per heavy atom. The monoisotopic (exact) mass is 412 g/mol. The molecule has 4 aromatic rings. The summed E-state index contributed by atoms with van der Waals surface area (Å²) >= 11 is 0. The van der Waals surface area contributed by atoms with Crippen molar-refractivity contribution in [3.8, 4) is 5.75 Å². The molecule has 0 saturated heterocycles. The number of carbonyl (C=O) groups is 1. The van der Waals surface area contributed by atoms with E-state index in [1.165, 1.54) is 0 Å². The highest BCUT2D eigenvalue weighted by Gasteiger charge is 2.20. The Kier molecular flexibility index (Phi) is 5.58. The third-order valence-corrected chi connectivity index (χ3v) is 5.39. The van der Waals surface area contributed by atoms with Crippen molar-refractivity contribution in [2.75, 3.05) is 12.0 Å². The lowest BCUT2D eigenvalue weighted by molar-refractivity contribution is 0.0985. The number of para-hydroxylation sites is 1. The summed E-state index contributed by atoms with van der Waals surface area (Å²) in [5.41, 5.74) is 4.46. The summed E-state index contributed by atoms with van der Waals surface area (Å²) in [6.07, 6.45) is 0. The van der Waals surface area contributed by atoms with Crippen LogP contribution in [0.2, 0.25) is 0 Å². The Balaban J connectivity index is 1.78. The molecule has 0 aliphatic carbocycles. The molecule has 156 valence electrons. The van der Waals surface area contributed by atoms with Crippen molar-refractivity contribution in [2.24, 2.45) is 0 Å². The highest BCUT2D eigenvalue weighted by atomic mass is 16.5. The molecule has 0 saturated carbocycles. The van der Waals surface area contributed by atoms with E-state index in [0.29, 0.717) is 16.9 Å². The first kappa shape index (κ1) is 20.4. The van der Waals surface area contributed by atoms with Gasteiger partial charge in [0.2, 0.25) is 0 Å². The molecule has 0 unspecified atom stereocenters. The van der Waals surface area contributed by atoms with Gasteiger partial charge in [0.25, 0.3) is 11.5 Å². The Morgan fingerprint density at radius 3 is 2.42 bits per heavy atom. The number of fused-ring (bicyclic) bond motifs is 1. The summed E-state index contributed by atoms with van der Waals surface area (Å²) in [7, 11) is 1.59. The minimum absolute atomic E-state index is 0.160. The quantitative estimate of drug-likeness (QED) is 0.502. The molecule has 0 aliphatic rings. The number of nitrogens with one attached hydrogen (secondary N) is 1. The normalized spacial score (nSPS) is 10.8. The molecular formula is C26H24N2O3. The second kappa shape index (κ2) is 8.48. The molecule has 1 heterocycles. The van der Waals surface area contributed by atoms with Gasteiger partial charge in [-0.05, 0) is 72.8 Å². The van der Waals surface area contributed by atoms with Gasteiger partial charge in [-0.3, -0.25) is 9.59 Å². The van der Waals surface area contributed by atoms with E-state index in [9.17, 15) is 9.59 Å². The lowest BCUT2D eigenvalue weighted by Crippen LogP contribution is -2.33. The number of methoxy groups -OCH3 is 1.